The zero-order chi connectivity index (χ0) is 14.8. The highest BCUT2D eigenvalue weighted by Gasteiger charge is 2.20. The van der Waals surface area contributed by atoms with Crippen LogP contribution >= 0.6 is 11.6 Å². The summed E-state index contributed by atoms with van der Waals surface area (Å²) in [6.45, 7) is 0.634. The van der Waals surface area contributed by atoms with Crippen molar-refractivity contribution in [2.75, 3.05) is 13.6 Å². The molecule has 1 aliphatic carbocycles. The number of hydrogen-bond acceptors (Lipinski definition) is 3. The zero-order valence-corrected chi connectivity index (χ0v) is 12.7. The van der Waals surface area contributed by atoms with Crippen molar-refractivity contribution in [3.05, 3.63) is 28.8 Å². The molecule has 0 atom stereocenters. The maximum Gasteiger partial charge on any atom is 0.251 e. The van der Waals surface area contributed by atoms with E-state index in [0.717, 1.165) is 12.8 Å². The van der Waals surface area contributed by atoms with Gasteiger partial charge in [-0.3, -0.25) is 4.79 Å². The second-order valence-corrected chi connectivity index (χ2v) is 7.12. The van der Waals surface area contributed by atoms with Crippen LogP contribution in [-0.4, -0.2) is 27.9 Å². The van der Waals surface area contributed by atoms with Crippen molar-refractivity contribution >= 4 is 27.5 Å². The van der Waals surface area contributed by atoms with E-state index in [2.05, 4.69) is 10.0 Å². The van der Waals surface area contributed by atoms with Crippen LogP contribution in [0, 0.1) is 5.92 Å². The van der Waals surface area contributed by atoms with Gasteiger partial charge in [-0.05, 0) is 44.0 Å². The highest BCUT2D eigenvalue weighted by Crippen LogP contribution is 2.25. The SMILES string of the molecule is CNS(=O)(=O)c1cc(C(=O)NCC2CCC2)ccc1Cl. The number of amides is 1. The standard InChI is InChI=1S/C13H17ClN2O3S/c1-15-20(18,19)12-7-10(5-6-11(12)14)13(17)16-8-9-3-2-4-9/h5-7,9,15H,2-4,8H2,1H3,(H,16,17). The summed E-state index contributed by atoms with van der Waals surface area (Å²) in [5, 5.41) is 2.91. The minimum Gasteiger partial charge on any atom is -0.352 e. The van der Waals surface area contributed by atoms with Crippen LogP contribution in [0.25, 0.3) is 0 Å². The van der Waals surface area contributed by atoms with Gasteiger partial charge in [0.2, 0.25) is 10.0 Å². The van der Waals surface area contributed by atoms with E-state index in [1.807, 2.05) is 0 Å². The van der Waals surface area contributed by atoms with Crippen molar-refractivity contribution in [2.45, 2.75) is 24.2 Å². The summed E-state index contributed by atoms with van der Waals surface area (Å²) >= 11 is 5.87. The molecular formula is C13H17ClN2O3S. The van der Waals surface area contributed by atoms with Crippen LogP contribution in [0.1, 0.15) is 29.6 Å². The number of hydrogen-bond donors (Lipinski definition) is 2. The van der Waals surface area contributed by atoms with Crippen molar-refractivity contribution in [1.29, 1.82) is 0 Å². The lowest BCUT2D eigenvalue weighted by atomic mass is 9.85. The summed E-state index contributed by atoms with van der Waals surface area (Å²) in [6.07, 6.45) is 3.49. The smallest absolute Gasteiger partial charge is 0.251 e. The second-order valence-electron chi connectivity index (χ2n) is 4.86. The van der Waals surface area contributed by atoms with Crippen LogP contribution in [-0.2, 0) is 10.0 Å². The van der Waals surface area contributed by atoms with Crippen LogP contribution in [0.5, 0.6) is 0 Å². The van der Waals surface area contributed by atoms with Gasteiger partial charge in [0.15, 0.2) is 0 Å². The lowest BCUT2D eigenvalue weighted by Gasteiger charge is -2.25. The monoisotopic (exact) mass is 316 g/mol. The van der Waals surface area contributed by atoms with Crippen LogP contribution in [0.2, 0.25) is 5.02 Å². The molecule has 0 saturated heterocycles. The Morgan fingerprint density at radius 3 is 2.65 bits per heavy atom. The fourth-order valence-corrected chi connectivity index (χ4v) is 3.25. The highest BCUT2D eigenvalue weighted by atomic mass is 35.5. The Morgan fingerprint density at radius 1 is 1.40 bits per heavy atom. The van der Waals surface area contributed by atoms with E-state index < -0.39 is 10.0 Å². The van der Waals surface area contributed by atoms with Crippen LogP contribution < -0.4 is 10.0 Å². The number of carbonyl (C=O) groups excluding carboxylic acids is 1. The number of carbonyl (C=O) groups is 1. The number of nitrogens with one attached hydrogen (secondary N) is 2. The molecule has 2 rings (SSSR count). The van der Waals surface area contributed by atoms with Crippen molar-refractivity contribution < 1.29 is 13.2 Å². The van der Waals surface area contributed by atoms with Crippen molar-refractivity contribution in [3.8, 4) is 0 Å². The molecule has 0 radical (unpaired) electrons. The third-order valence-electron chi connectivity index (χ3n) is 3.53. The maximum absolute atomic E-state index is 12.0. The molecule has 110 valence electrons. The summed E-state index contributed by atoms with van der Waals surface area (Å²) in [7, 11) is -2.37. The molecule has 0 bridgehead atoms. The average molecular weight is 317 g/mol. The van der Waals surface area contributed by atoms with E-state index in [4.69, 9.17) is 11.6 Å². The molecule has 0 heterocycles. The van der Waals surface area contributed by atoms with Gasteiger partial charge in [0.25, 0.3) is 5.91 Å². The molecule has 0 spiro atoms. The van der Waals surface area contributed by atoms with Gasteiger partial charge in [-0.2, -0.15) is 0 Å². The number of rotatable bonds is 5. The molecule has 1 aliphatic rings. The first kappa shape index (κ1) is 15.3. The molecule has 20 heavy (non-hydrogen) atoms. The largest absolute Gasteiger partial charge is 0.352 e. The third kappa shape index (κ3) is 3.31. The molecule has 0 aromatic heterocycles. The Kier molecular flexibility index (Phi) is 4.67. The first-order valence-electron chi connectivity index (χ1n) is 6.45. The Labute approximate surface area is 123 Å². The van der Waals surface area contributed by atoms with Gasteiger partial charge in [-0.25, -0.2) is 13.1 Å². The zero-order valence-electron chi connectivity index (χ0n) is 11.1. The molecule has 7 heteroatoms. The number of sulfonamides is 1. The Morgan fingerprint density at radius 2 is 2.10 bits per heavy atom. The lowest BCUT2D eigenvalue weighted by molar-refractivity contribution is 0.0939. The van der Waals surface area contributed by atoms with Gasteiger partial charge in [-0.1, -0.05) is 18.0 Å². The van der Waals surface area contributed by atoms with Crippen molar-refractivity contribution in [2.24, 2.45) is 5.92 Å². The van der Waals surface area contributed by atoms with E-state index in [0.29, 0.717) is 18.0 Å². The number of benzene rings is 1. The summed E-state index contributed by atoms with van der Waals surface area (Å²) in [5.41, 5.74) is 0.294. The summed E-state index contributed by atoms with van der Waals surface area (Å²) < 4.78 is 25.8. The highest BCUT2D eigenvalue weighted by molar-refractivity contribution is 7.89. The molecule has 1 amide bonds. The fourth-order valence-electron chi connectivity index (χ4n) is 2.00. The minimum absolute atomic E-state index is 0.0852. The van der Waals surface area contributed by atoms with E-state index in [1.54, 1.807) is 0 Å². The lowest BCUT2D eigenvalue weighted by Crippen LogP contribution is -2.32. The van der Waals surface area contributed by atoms with Crippen LogP contribution in [0.3, 0.4) is 0 Å². The third-order valence-corrected chi connectivity index (χ3v) is 5.42. The average Bonchev–Trinajstić information content (AvgIpc) is 2.37. The maximum atomic E-state index is 12.0. The second kappa shape index (κ2) is 6.11. The van der Waals surface area contributed by atoms with E-state index in [9.17, 15) is 13.2 Å². The minimum atomic E-state index is -3.67. The Bertz CT molecular complexity index is 612. The van der Waals surface area contributed by atoms with Crippen molar-refractivity contribution in [3.63, 3.8) is 0 Å². The molecule has 1 aromatic carbocycles. The molecule has 0 aliphatic heterocycles. The van der Waals surface area contributed by atoms with Crippen molar-refractivity contribution in [1.82, 2.24) is 10.0 Å². The van der Waals surface area contributed by atoms with E-state index in [-0.39, 0.29) is 15.8 Å². The Hall–Kier alpha value is -1.11. The molecule has 1 saturated carbocycles. The molecule has 2 N–H and O–H groups in total. The van der Waals surface area contributed by atoms with Crippen LogP contribution in [0.4, 0.5) is 0 Å². The Balaban J connectivity index is 2.15. The summed E-state index contributed by atoms with van der Waals surface area (Å²) in [5.74, 6) is 0.271. The number of halogens is 1. The van der Waals surface area contributed by atoms with Gasteiger partial charge in [0.1, 0.15) is 4.90 Å². The normalized spacial score (nSPS) is 15.7. The van der Waals surface area contributed by atoms with Crippen LogP contribution in [0.15, 0.2) is 23.1 Å². The van der Waals surface area contributed by atoms with Gasteiger partial charge in [-0.15, -0.1) is 0 Å². The first-order chi connectivity index (χ1) is 9.44. The van der Waals surface area contributed by atoms with E-state index >= 15 is 0 Å². The molecule has 1 fully saturated rings. The topological polar surface area (TPSA) is 75.3 Å². The van der Waals surface area contributed by atoms with Gasteiger partial charge in [0.05, 0.1) is 5.02 Å². The molecule has 1 aromatic rings. The molecule has 5 nitrogen and oxygen atoms in total. The molecular weight excluding hydrogens is 300 g/mol. The molecule has 0 unspecified atom stereocenters. The summed E-state index contributed by atoms with van der Waals surface area (Å²) in [6, 6.07) is 4.24. The quantitative estimate of drug-likeness (QED) is 0.869. The van der Waals surface area contributed by atoms with Gasteiger partial charge < -0.3 is 5.32 Å². The van der Waals surface area contributed by atoms with Gasteiger partial charge in [0, 0.05) is 12.1 Å². The predicted octanol–water partition coefficient (Wildman–Crippen LogP) is 1.78. The predicted molar refractivity (Wildman–Crippen MR) is 77.4 cm³/mol. The van der Waals surface area contributed by atoms with E-state index in [1.165, 1.54) is 31.7 Å². The summed E-state index contributed by atoms with van der Waals surface area (Å²) in [4.78, 5) is 11.9. The fraction of sp³-hybridized carbons (Fsp3) is 0.462. The first-order valence-corrected chi connectivity index (χ1v) is 8.31. The van der Waals surface area contributed by atoms with Gasteiger partial charge >= 0.3 is 0 Å².